The molecule has 1 amide bonds. The summed E-state index contributed by atoms with van der Waals surface area (Å²) in [6.07, 6.45) is 0. The van der Waals surface area contributed by atoms with E-state index in [1.54, 1.807) is 42.9 Å². The summed E-state index contributed by atoms with van der Waals surface area (Å²) in [6, 6.07) is 16.1. The van der Waals surface area contributed by atoms with Gasteiger partial charge in [0.25, 0.3) is 11.5 Å². The lowest BCUT2D eigenvalue weighted by Gasteiger charge is -2.08. The molecule has 4 rings (SSSR count). The zero-order valence-electron chi connectivity index (χ0n) is 18.4. The number of aromatic nitrogens is 3. The van der Waals surface area contributed by atoms with Crippen LogP contribution in [0, 0.1) is 20.8 Å². The van der Waals surface area contributed by atoms with Gasteiger partial charge in [-0.2, -0.15) is 0 Å². The Morgan fingerprint density at radius 1 is 1.09 bits per heavy atom. The van der Waals surface area contributed by atoms with Crippen molar-refractivity contribution in [1.82, 2.24) is 14.5 Å². The second-order valence-corrected chi connectivity index (χ2v) is 7.51. The van der Waals surface area contributed by atoms with E-state index in [1.807, 2.05) is 44.2 Å². The molecule has 0 saturated carbocycles. The number of benzene rings is 2. The maximum Gasteiger partial charge on any atom is 0.295 e. The highest BCUT2D eigenvalue weighted by Gasteiger charge is 2.19. The van der Waals surface area contributed by atoms with Crippen LogP contribution < -0.4 is 15.6 Å². The third-order valence-corrected chi connectivity index (χ3v) is 5.45. The molecule has 0 bridgehead atoms. The van der Waals surface area contributed by atoms with Crippen LogP contribution in [0.15, 0.2) is 63.9 Å². The molecule has 2 aromatic heterocycles. The molecule has 0 fully saturated rings. The molecule has 1 N–H and O–H groups in total. The molecule has 32 heavy (non-hydrogen) atoms. The first-order valence-electron chi connectivity index (χ1n) is 10.2. The van der Waals surface area contributed by atoms with Crippen LogP contribution in [-0.4, -0.2) is 20.4 Å². The number of carbonyl (C=O) groups is 1. The monoisotopic (exact) mass is 432 g/mol. The van der Waals surface area contributed by atoms with Gasteiger partial charge in [-0.05, 0) is 51.1 Å². The molecule has 0 atom stereocenters. The number of anilines is 1. The van der Waals surface area contributed by atoms with Crippen LogP contribution in [0.3, 0.4) is 0 Å². The Morgan fingerprint density at radius 3 is 2.53 bits per heavy atom. The number of ether oxygens (including phenoxy) is 1. The normalized spacial score (nSPS) is 10.9. The summed E-state index contributed by atoms with van der Waals surface area (Å²) < 4.78 is 14.2. The van der Waals surface area contributed by atoms with Crippen molar-refractivity contribution in [2.45, 2.75) is 27.4 Å². The van der Waals surface area contributed by atoms with Gasteiger partial charge in [0.2, 0.25) is 0 Å². The Morgan fingerprint density at radius 2 is 1.84 bits per heavy atom. The van der Waals surface area contributed by atoms with E-state index in [-0.39, 0.29) is 23.8 Å². The minimum absolute atomic E-state index is 0.239. The number of aryl methyl sites for hydroxylation is 2. The SMILES string of the molecule is Cc1noc(C)c1COc1cccc(C(=O)Nc2c(C)n(C)n(-c3ccccc3)c2=O)c1. The van der Waals surface area contributed by atoms with Crippen LogP contribution >= 0.6 is 0 Å². The predicted molar refractivity (Wildman–Crippen MR) is 120 cm³/mol. The molecular formula is C24H24N4O4. The Labute approximate surface area is 185 Å². The van der Waals surface area contributed by atoms with Crippen molar-refractivity contribution in [3.8, 4) is 11.4 Å². The number of amides is 1. The van der Waals surface area contributed by atoms with Crippen LogP contribution in [0.4, 0.5) is 5.69 Å². The second kappa shape index (κ2) is 8.58. The van der Waals surface area contributed by atoms with E-state index in [0.717, 1.165) is 16.9 Å². The van der Waals surface area contributed by atoms with Gasteiger partial charge >= 0.3 is 0 Å². The van der Waals surface area contributed by atoms with Gasteiger partial charge < -0.3 is 14.6 Å². The van der Waals surface area contributed by atoms with E-state index in [1.165, 1.54) is 4.68 Å². The van der Waals surface area contributed by atoms with Gasteiger partial charge in [-0.25, -0.2) is 4.68 Å². The third-order valence-electron chi connectivity index (χ3n) is 5.45. The fourth-order valence-electron chi connectivity index (χ4n) is 3.49. The molecule has 2 aromatic carbocycles. The van der Waals surface area contributed by atoms with Crippen molar-refractivity contribution in [2.24, 2.45) is 7.05 Å². The quantitative estimate of drug-likeness (QED) is 0.499. The maximum atomic E-state index is 13.0. The van der Waals surface area contributed by atoms with Gasteiger partial charge in [0.1, 0.15) is 23.8 Å². The Bertz CT molecular complexity index is 1310. The zero-order chi connectivity index (χ0) is 22.8. The summed E-state index contributed by atoms with van der Waals surface area (Å²) in [5, 5.41) is 6.68. The molecule has 0 spiro atoms. The molecule has 0 aliphatic carbocycles. The van der Waals surface area contributed by atoms with Crippen LogP contribution in [0.2, 0.25) is 0 Å². The van der Waals surface area contributed by atoms with E-state index >= 15 is 0 Å². The predicted octanol–water partition coefficient (Wildman–Crippen LogP) is 3.92. The standard InChI is InChI=1S/C24H24N4O4/c1-15-21(17(3)32-26-15)14-31-20-12-8-9-18(13-20)23(29)25-22-16(2)27(4)28(24(22)30)19-10-6-5-7-11-19/h5-13H,14H2,1-4H3,(H,25,29). The molecule has 2 heterocycles. The van der Waals surface area contributed by atoms with Crippen molar-refractivity contribution in [2.75, 3.05) is 5.32 Å². The molecule has 0 aliphatic rings. The maximum absolute atomic E-state index is 13.0. The van der Waals surface area contributed by atoms with Crippen LogP contribution in [-0.2, 0) is 13.7 Å². The summed E-state index contributed by atoms with van der Waals surface area (Å²) in [5.74, 6) is 0.841. The Balaban J connectivity index is 1.55. The average molecular weight is 432 g/mol. The minimum Gasteiger partial charge on any atom is -0.489 e. The largest absolute Gasteiger partial charge is 0.489 e. The second-order valence-electron chi connectivity index (χ2n) is 7.51. The first-order valence-corrected chi connectivity index (χ1v) is 10.2. The van der Waals surface area contributed by atoms with Crippen molar-refractivity contribution in [3.05, 3.63) is 93.2 Å². The summed E-state index contributed by atoms with van der Waals surface area (Å²) in [4.78, 5) is 26.0. The highest BCUT2D eigenvalue weighted by molar-refractivity contribution is 6.04. The van der Waals surface area contributed by atoms with Crippen molar-refractivity contribution in [1.29, 1.82) is 0 Å². The lowest BCUT2D eigenvalue weighted by Crippen LogP contribution is -2.23. The van der Waals surface area contributed by atoms with E-state index in [2.05, 4.69) is 10.5 Å². The number of para-hydroxylation sites is 1. The minimum atomic E-state index is -0.390. The van der Waals surface area contributed by atoms with E-state index in [9.17, 15) is 9.59 Å². The van der Waals surface area contributed by atoms with Crippen molar-refractivity contribution < 1.29 is 14.1 Å². The highest BCUT2D eigenvalue weighted by atomic mass is 16.5. The number of hydrogen-bond donors (Lipinski definition) is 1. The van der Waals surface area contributed by atoms with E-state index in [4.69, 9.17) is 9.26 Å². The molecule has 0 radical (unpaired) electrons. The fraction of sp³-hybridized carbons (Fsp3) is 0.208. The van der Waals surface area contributed by atoms with Crippen LogP contribution in [0.25, 0.3) is 5.69 Å². The van der Waals surface area contributed by atoms with Gasteiger partial charge in [-0.1, -0.05) is 29.4 Å². The van der Waals surface area contributed by atoms with Crippen LogP contribution in [0.1, 0.15) is 33.1 Å². The topological polar surface area (TPSA) is 91.3 Å². The van der Waals surface area contributed by atoms with Gasteiger partial charge in [0, 0.05) is 12.6 Å². The molecule has 0 aliphatic heterocycles. The van der Waals surface area contributed by atoms with Gasteiger partial charge in [0.15, 0.2) is 0 Å². The smallest absolute Gasteiger partial charge is 0.295 e. The zero-order valence-corrected chi connectivity index (χ0v) is 18.4. The lowest BCUT2D eigenvalue weighted by atomic mass is 10.2. The molecule has 0 unspecified atom stereocenters. The van der Waals surface area contributed by atoms with E-state index in [0.29, 0.717) is 22.8 Å². The van der Waals surface area contributed by atoms with E-state index < -0.39 is 0 Å². The molecule has 164 valence electrons. The number of nitrogens with zero attached hydrogens (tertiary/aromatic N) is 3. The first-order chi connectivity index (χ1) is 15.4. The first kappa shape index (κ1) is 21.2. The Hall–Kier alpha value is -4.07. The van der Waals surface area contributed by atoms with Crippen molar-refractivity contribution >= 4 is 11.6 Å². The average Bonchev–Trinajstić information content (AvgIpc) is 3.23. The third kappa shape index (κ3) is 3.94. The molecule has 8 nitrogen and oxygen atoms in total. The number of hydrogen-bond acceptors (Lipinski definition) is 5. The van der Waals surface area contributed by atoms with Gasteiger partial charge in [-0.3, -0.25) is 14.3 Å². The summed E-state index contributed by atoms with van der Waals surface area (Å²) in [6.45, 7) is 5.75. The fourth-order valence-corrected chi connectivity index (χ4v) is 3.49. The molecular weight excluding hydrogens is 408 g/mol. The molecule has 4 aromatic rings. The summed E-state index contributed by atoms with van der Waals surface area (Å²) in [7, 11) is 1.78. The lowest BCUT2D eigenvalue weighted by molar-refractivity contribution is 0.102. The van der Waals surface area contributed by atoms with Crippen molar-refractivity contribution in [3.63, 3.8) is 0 Å². The van der Waals surface area contributed by atoms with Gasteiger partial charge in [-0.15, -0.1) is 0 Å². The summed E-state index contributed by atoms with van der Waals surface area (Å²) >= 11 is 0. The highest BCUT2D eigenvalue weighted by Crippen LogP contribution is 2.20. The van der Waals surface area contributed by atoms with Gasteiger partial charge in [0.05, 0.1) is 22.6 Å². The number of nitrogens with one attached hydrogen (secondary N) is 1. The molecule has 8 heteroatoms. The number of rotatable bonds is 6. The summed E-state index contributed by atoms with van der Waals surface area (Å²) in [5.41, 5.74) is 3.34. The number of carbonyl (C=O) groups excluding carboxylic acids is 1. The Kier molecular flexibility index (Phi) is 5.68. The molecule has 0 saturated heterocycles. The van der Waals surface area contributed by atoms with Crippen LogP contribution in [0.5, 0.6) is 5.75 Å².